The summed E-state index contributed by atoms with van der Waals surface area (Å²) in [6.45, 7) is 8.94. The van der Waals surface area contributed by atoms with Crippen LogP contribution in [0.4, 0.5) is 34.5 Å². The number of piperazine rings is 1. The molecule has 240 valence electrons. The van der Waals surface area contributed by atoms with Crippen LogP contribution in [0.15, 0.2) is 48.9 Å². The lowest BCUT2D eigenvalue weighted by Gasteiger charge is -2.43. The minimum absolute atomic E-state index is 0.461. The Hall–Kier alpha value is -4.68. The fourth-order valence-electron chi connectivity index (χ4n) is 6.86. The van der Waals surface area contributed by atoms with Crippen LogP contribution in [0.3, 0.4) is 0 Å². The number of anilines is 6. The monoisotopic (exact) mass is 621 g/mol. The van der Waals surface area contributed by atoms with Gasteiger partial charge in [-0.3, -0.25) is 14.9 Å². The second-order valence-corrected chi connectivity index (χ2v) is 12.6. The van der Waals surface area contributed by atoms with Crippen LogP contribution in [0.2, 0.25) is 0 Å². The van der Waals surface area contributed by atoms with E-state index in [4.69, 9.17) is 14.7 Å². The number of nitrogens with zero attached hydrogens (tertiary/aromatic N) is 8. The number of hydrogen-bond acceptors (Lipinski definition) is 11. The number of methoxy groups -OCH3 is 1. The first-order valence-electron chi connectivity index (χ1n) is 16.0. The molecule has 5 heterocycles. The highest BCUT2D eigenvalue weighted by molar-refractivity contribution is 5.99. The molecule has 2 aliphatic rings. The zero-order valence-electron chi connectivity index (χ0n) is 27.3. The summed E-state index contributed by atoms with van der Waals surface area (Å²) in [6, 6.07) is 10.9. The third-order valence-electron chi connectivity index (χ3n) is 9.35. The van der Waals surface area contributed by atoms with Crippen LogP contribution in [0.1, 0.15) is 18.4 Å². The van der Waals surface area contributed by atoms with Crippen LogP contribution < -0.4 is 25.2 Å². The van der Waals surface area contributed by atoms with E-state index in [9.17, 15) is 0 Å². The first-order chi connectivity index (χ1) is 22.4. The van der Waals surface area contributed by atoms with E-state index in [2.05, 4.69) is 66.4 Å². The van der Waals surface area contributed by atoms with E-state index >= 15 is 0 Å². The predicted octanol–water partition coefficient (Wildman–Crippen LogP) is 4.99. The van der Waals surface area contributed by atoms with Crippen LogP contribution in [0.25, 0.3) is 22.1 Å². The topological polar surface area (TPSA) is 114 Å². The molecule has 2 fully saturated rings. The average Bonchev–Trinajstić information content (AvgIpc) is 3.54. The van der Waals surface area contributed by atoms with Crippen molar-refractivity contribution in [1.29, 1.82) is 0 Å². The standard InChI is InChI=1S/C34H43N11O/c1-22-20-27(29(46-5)21-28(22)45-14-9-23(10-15-45)44-18-16-43(4)17-19-44)39-34-40-32-24(8-11-37-32)33(41-34)38-26-7-6-25-30(31(26)42(2)3)36-13-12-35-25/h6-8,11-13,20-21,23H,9-10,14-19H2,1-5H3,(H3,37,38,39,40,41). The summed E-state index contributed by atoms with van der Waals surface area (Å²) in [6.07, 6.45) is 7.67. The highest BCUT2D eigenvalue weighted by Gasteiger charge is 2.28. The number of piperidine rings is 1. The maximum Gasteiger partial charge on any atom is 0.231 e. The summed E-state index contributed by atoms with van der Waals surface area (Å²) in [4.78, 5) is 31.7. The van der Waals surface area contributed by atoms with Gasteiger partial charge in [0.15, 0.2) is 0 Å². The molecule has 3 aromatic heterocycles. The van der Waals surface area contributed by atoms with E-state index < -0.39 is 0 Å². The Labute approximate surface area is 269 Å². The van der Waals surface area contributed by atoms with Gasteiger partial charge in [0.25, 0.3) is 0 Å². The van der Waals surface area contributed by atoms with Crippen molar-refractivity contribution >= 4 is 56.6 Å². The van der Waals surface area contributed by atoms with Gasteiger partial charge >= 0.3 is 0 Å². The summed E-state index contributed by atoms with van der Waals surface area (Å²) in [7, 11) is 7.94. The number of hydrogen-bond donors (Lipinski definition) is 3. The lowest BCUT2D eigenvalue weighted by atomic mass is 10.0. The molecule has 2 aliphatic heterocycles. The second-order valence-electron chi connectivity index (χ2n) is 12.6. The number of aromatic amines is 1. The quantitative estimate of drug-likeness (QED) is 0.218. The molecule has 0 amide bonds. The van der Waals surface area contributed by atoms with Gasteiger partial charge in [0, 0.05) is 89.8 Å². The maximum atomic E-state index is 5.91. The highest BCUT2D eigenvalue weighted by atomic mass is 16.5. The SMILES string of the molecule is COc1cc(N2CCC(N3CCN(C)CC3)CC2)c(C)cc1Nc1nc(Nc2ccc3nccnc3c2N(C)C)c2cc[nH]c2n1. The van der Waals surface area contributed by atoms with E-state index in [0.717, 1.165) is 58.0 Å². The van der Waals surface area contributed by atoms with Gasteiger partial charge in [0.05, 0.1) is 35.1 Å². The molecule has 7 rings (SSSR count). The molecule has 46 heavy (non-hydrogen) atoms. The molecule has 12 heteroatoms. The van der Waals surface area contributed by atoms with Gasteiger partial charge in [-0.15, -0.1) is 0 Å². The molecule has 0 unspecified atom stereocenters. The lowest BCUT2D eigenvalue weighted by molar-refractivity contribution is 0.0982. The average molecular weight is 622 g/mol. The molecule has 12 nitrogen and oxygen atoms in total. The summed E-state index contributed by atoms with van der Waals surface area (Å²) in [5, 5.41) is 7.89. The largest absolute Gasteiger partial charge is 0.494 e. The third kappa shape index (κ3) is 5.85. The molecule has 5 aromatic rings. The van der Waals surface area contributed by atoms with Gasteiger partial charge in [0.1, 0.15) is 22.7 Å². The van der Waals surface area contributed by atoms with Crippen molar-refractivity contribution in [2.75, 3.05) is 88.0 Å². The van der Waals surface area contributed by atoms with Gasteiger partial charge in [-0.1, -0.05) is 0 Å². The fourth-order valence-corrected chi connectivity index (χ4v) is 6.86. The van der Waals surface area contributed by atoms with E-state index in [1.54, 1.807) is 19.5 Å². The molecular formula is C34H43N11O. The Bertz CT molecular complexity index is 1840. The molecule has 3 N–H and O–H groups in total. The normalized spacial score (nSPS) is 16.7. The molecule has 2 aromatic carbocycles. The number of benzene rings is 2. The van der Waals surface area contributed by atoms with E-state index in [1.165, 1.54) is 50.3 Å². The first kappa shape index (κ1) is 30.0. The minimum Gasteiger partial charge on any atom is -0.494 e. The Kier molecular flexibility index (Phi) is 8.22. The molecule has 0 radical (unpaired) electrons. The number of likely N-dealkylation sites (N-methyl/N-ethyl adjacent to an activating group) is 1. The Morgan fingerprint density at radius 1 is 0.913 bits per heavy atom. The summed E-state index contributed by atoms with van der Waals surface area (Å²) in [5.74, 6) is 1.90. The molecule has 0 bridgehead atoms. The van der Waals surface area contributed by atoms with Crippen LogP contribution in [-0.2, 0) is 0 Å². The number of aryl methyl sites for hydroxylation is 1. The first-order valence-corrected chi connectivity index (χ1v) is 16.0. The molecule has 2 saturated heterocycles. The molecular weight excluding hydrogens is 578 g/mol. The number of nitrogens with one attached hydrogen (secondary N) is 3. The van der Waals surface area contributed by atoms with Crippen LogP contribution in [0.5, 0.6) is 5.75 Å². The van der Waals surface area contributed by atoms with Crippen molar-refractivity contribution in [3.05, 3.63) is 54.5 Å². The third-order valence-corrected chi connectivity index (χ3v) is 9.35. The van der Waals surface area contributed by atoms with Crippen LogP contribution >= 0.6 is 0 Å². The minimum atomic E-state index is 0.461. The number of fused-ring (bicyclic) bond motifs is 2. The van der Waals surface area contributed by atoms with Gasteiger partial charge < -0.3 is 35.1 Å². The van der Waals surface area contributed by atoms with Crippen LogP contribution in [-0.4, -0.2) is 108 Å². The Balaban J connectivity index is 1.13. The molecule has 0 saturated carbocycles. The van der Waals surface area contributed by atoms with Crippen molar-refractivity contribution in [1.82, 2.24) is 34.7 Å². The summed E-state index contributed by atoms with van der Waals surface area (Å²) in [5.41, 5.74) is 7.41. The Morgan fingerprint density at radius 3 is 2.46 bits per heavy atom. The smallest absolute Gasteiger partial charge is 0.231 e. The summed E-state index contributed by atoms with van der Waals surface area (Å²) < 4.78 is 5.91. The van der Waals surface area contributed by atoms with Crippen molar-refractivity contribution in [3.8, 4) is 5.75 Å². The fraction of sp³-hybridized carbons (Fsp3) is 0.412. The number of aromatic nitrogens is 5. The lowest BCUT2D eigenvalue weighted by Crippen LogP contribution is -2.52. The number of ether oxygens (including phenoxy) is 1. The molecule has 0 spiro atoms. The van der Waals surface area contributed by atoms with Crippen LogP contribution in [0, 0.1) is 6.92 Å². The van der Waals surface area contributed by atoms with Gasteiger partial charge in [0.2, 0.25) is 5.95 Å². The molecule has 0 aliphatic carbocycles. The van der Waals surface area contributed by atoms with E-state index in [0.29, 0.717) is 17.8 Å². The van der Waals surface area contributed by atoms with Gasteiger partial charge in [-0.25, -0.2) is 0 Å². The zero-order valence-corrected chi connectivity index (χ0v) is 27.3. The number of rotatable bonds is 8. The van der Waals surface area contributed by atoms with Crippen molar-refractivity contribution in [2.24, 2.45) is 0 Å². The summed E-state index contributed by atoms with van der Waals surface area (Å²) >= 11 is 0. The van der Waals surface area contributed by atoms with Crippen molar-refractivity contribution < 1.29 is 4.74 Å². The number of H-pyrrole nitrogens is 1. The van der Waals surface area contributed by atoms with Crippen molar-refractivity contribution in [2.45, 2.75) is 25.8 Å². The van der Waals surface area contributed by atoms with Gasteiger partial charge in [-0.2, -0.15) is 9.97 Å². The van der Waals surface area contributed by atoms with E-state index in [1.807, 2.05) is 43.4 Å². The second kappa shape index (κ2) is 12.6. The predicted molar refractivity (Wildman–Crippen MR) is 186 cm³/mol. The zero-order chi connectivity index (χ0) is 31.8. The molecule has 0 atom stereocenters. The van der Waals surface area contributed by atoms with Crippen molar-refractivity contribution in [3.63, 3.8) is 0 Å². The van der Waals surface area contributed by atoms with E-state index in [-0.39, 0.29) is 0 Å². The van der Waals surface area contributed by atoms with Gasteiger partial charge in [-0.05, 0) is 56.6 Å². The maximum absolute atomic E-state index is 5.91. The Morgan fingerprint density at radius 2 is 1.70 bits per heavy atom. The highest BCUT2D eigenvalue weighted by Crippen LogP contribution is 2.38.